The molecule has 2 aromatic carbocycles. The van der Waals surface area contributed by atoms with Gasteiger partial charge in [0.2, 0.25) is 5.91 Å². The predicted molar refractivity (Wildman–Crippen MR) is 109 cm³/mol. The molecule has 1 amide bonds. The maximum absolute atomic E-state index is 12.6. The Morgan fingerprint density at radius 3 is 2.62 bits per heavy atom. The zero-order valence-corrected chi connectivity index (χ0v) is 16.1. The molecule has 5 heteroatoms. The van der Waals surface area contributed by atoms with Crippen LogP contribution in [0.5, 0.6) is 0 Å². The van der Waals surface area contributed by atoms with Gasteiger partial charge in [-0.25, -0.2) is 4.98 Å². The van der Waals surface area contributed by atoms with Crippen molar-refractivity contribution in [2.45, 2.75) is 31.7 Å². The van der Waals surface area contributed by atoms with Crippen LogP contribution in [0.3, 0.4) is 0 Å². The molecule has 0 aliphatic carbocycles. The lowest BCUT2D eigenvalue weighted by molar-refractivity contribution is -0.122. The number of H-pyrrole nitrogens is 1. The summed E-state index contributed by atoms with van der Waals surface area (Å²) in [6, 6.07) is 18.0. The Hall–Kier alpha value is -2.27. The topological polar surface area (TPSA) is 57.8 Å². The van der Waals surface area contributed by atoms with Gasteiger partial charge < -0.3 is 10.3 Å². The van der Waals surface area contributed by atoms with Crippen molar-refractivity contribution in [1.29, 1.82) is 0 Å². The SMILES string of the molecule is CSCC[C@H](NC(=O)C[C@@H](C)c1ccccc1)c1nc2ccccc2[nH]1. The zero-order valence-electron chi connectivity index (χ0n) is 15.2. The lowest BCUT2D eigenvalue weighted by Gasteiger charge is -2.18. The summed E-state index contributed by atoms with van der Waals surface area (Å²) < 4.78 is 0. The number of aromatic nitrogens is 2. The highest BCUT2D eigenvalue weighted by Gasteiger charge is 2.19. The molecular formula is C21H25N3OS. The number of carbonyl (C=O) groups excluding carboxylic acids is 1. The number of fused-ring (bicyclic) bond motifs is 1. The number of benzene rings is 2. The third kappa shape index (κ3) is 4.67. The number of nitrogens with one attached hydrogen (secondary N) is 2. The minimum Gasteiger partial charge on any atom is -0.346 e. The number of imidazole rings is 1. The van der Waals surface area contributed by atoms with Crippen LogP contribution in [-0.2, 0) is 4.79 Å². The molecule has 3 aromatic rings. The number of aromatic amines is 1. The Labute approximate surface area is 158 Å². The summed E-state index contributed by atoms with van der Waals surface area (Å²) in [5.41, 5.74) is 3.12. The first-order valence-corrected chi connectivity index (χ1v) is 10.3. The van der Waals surface area contributed by atoms with Gasteiger partial charge in [-0.3, -0.25) is 4.79 Å². The van der Waals surface area contributed by atoms with Gasteiger partial charge in [-0.15, -0.1) is 0 Å². The van der Waals surface area contributed by atoms with Crippen molar-refractivity contribution in [3.63, 3.8) is 0 Å². The van der Waals surface area contributed by atoms with Crippen LogP contribution in [0.15, 0.2) is 54.6 Å². The average molecular weight is 368 g/mol. The van der Waals surface area contributed by atoms with Gasteiger partial charge in [-0.1, -0.05) is 49.4 Å². The highest BCUT2D eigenvalue weighted by molar-refractivity contribution is 7.98. The summed E-state index contributed by atoms with van der Waals surface area (Å²) >= 11 is 1.78. The molecule has 0 bridgehead atoms. The first kappa shape index (κ1) is 18.5. The Morgan fingerprint density at radius 1 is 1.15 bits per heavy atom. The fourth-order valence-corrected chi connectivity index (χ4v) is 3.55. The van der Waals surface area contributed by atoms with Crippen molar-refractivity contribution in [2.75, 3.05) is 12.0 Å². The molecule has 0 aliphatic heterocycles. The van der Waals surface area contributed by atoms with Gasteiger partial charge in [0.15, 0.2) is 0 Å². The average Bonchev–Trinajstić information content (AvgIpc) is 3.09. The third-order valence-corrected chi connectivity index (χ3v) is 5.19. The van der Waals surface area contributed by atoms with Crippen LogP contribution in [0.4, 0.5) is 0 Å². The van der Waals surface area contributed by atoms with Crippen LogP contribution in [0, 0.1) is 0 Å². The molecule has 0 radical (unpaired) electrons. The largest absolute Gasteiger partial charge is 0.346 e. The molecule has 1 aromatic heterocycles. The quantitative estimate of drug-likeness (QED) is 0.608. The van der Waals surface area contributed by atoms with Gasteiger partial charge in [0.05, 0.1) is 17.1 Å². The Morgan fingerprint density at radius 2 is 1.88 bits per heavy atom. The molecule has 2 atom stereocenters. The molecule has 0 spiro atoms. The number of rotatable bonds is 8. The summed E-state index contributed by atoms with van der Waals surface area (Å²) in [7, 11) is 0. The van der Waals surface area contributed by atoms with E-state index in [0.29, 0.717) is 6.42 Å². The minimum atomic E-state index is -0.0923. The number of carbonyl (C=O) groups is 1. The van der Waals surface area contributed by atoms with Gasteiger partial charge in [-0.05, 0) is 42.0 Å². The lowest BCUT2D eigenvalue weighted by Crippen LogP contribution is -2.30. The van der Waals surface area contributed by atoms with Gasteiger partial charge in [0.1, 0.15) is 5.82 Å². The highest BCUT2D eigenvalue weighted by Crippen LogP contribution is 2.22. The van der Waals surface area contributed by atoms with E-state index < -0.39 is 0 Å². The van der Waals surface area contributed by atoms with Gasteiger partial charge in [0, 0.05) is 6.42 Å². The smallest absolute Gasteiger partial charge is 0.221 e. The molecular weight excluding hydrogens is 342 g/mol. The van der Waals surface area contributed by atoms with Crippen molar-refractivity contribution in [1.82, 2.24) is 15.3 Å². The molecule has 0 unspecified atom stereocenters. The van der Waals surface area contributed by atoms with E-state index >= 15 is 0 Å². The second-order valence-corrected chi connectivity index (χ2v) is 7.54. The number of nitrogens with zero attached hydrogens (tertiary/aromatic N) is 1. The summed E-state index contributed by atoms with van der Waals surface area (Å²) in [4.78, 5) is 20.7. The van der Waals surface area contributed by atoms with Crippen molar-refractivity contribution < 1.29 is 4.79 Å². The van der Waals surface area contributed by atoms with Crippen molar-refractivity contribution in [3.8, 4) is 0 Å². The molecule has 2 N–H and O–H groups in total. The second kappa shape index (κ2) is 8.90. The second-order valence-electron chi connectivity index (χ2n) is 6.56. The standard InChI is InChI=1S/C21H25N3OS/c1-15(16-8-4-3-5-9-16)14-20(25)22-19(12-13-26-2)21-23-17-10-6-7-11-18(17)24-21/h3-11,15,19H,12-14H2,1-2H3,(H,22,25)(H,23,24)/t15-,19+/m1/s1. The van der Waals surface area contributed by atoms with E-state index in [-0.39, 0.29) is 17.9 Å². The molecule has 1 heterocycles. The van der Waals surface area contributed by atoms with Crippen molar-refractivity contribution in [3.05, 3.63) is 66.0 Å². The summed E-state index contributed by atoms with van der Waals surface area (Å²) in [6.45, 7) is 2.09. The summed E-state index contributed by atoms with van der Waals surface area (Å²) in [5.74, 6) is 2.05. The van der Waals surface area contributed by atoms with Crippen LogP contribution in [0.2, 0.25) is 0 Å². The van der Waals surface area contributed by atoms with Gasteiger partial charge in [-0.2, -0.15) is 11.8 Å². The normalized spacial score (nSPS) is 13.5. The molecule has 4 nitrogen and oxygen atoms in total. The molecule has 26 heavy (non-hydrogen) atoms. The van der Waals surface area contributed by atoms with Gasteiger partial charge >= 0.3 is 0 Å². The number of thioether (sulfide) groups is 1. The summed E-state index contributed by atoms with van der Waals surface area (Å²) in [6.07, 6.45) is 3.40. The van der Waals surface area contributed by atoms with Crippen LogP contribution in [0.25, 0.3) is 11.0 Å². The monoisotopic (exact) mass is 367 g/mol. The number of hydrogen-bond donors (Lipinski definition) is 2. The fourth-order valence-electron chi connectivity index (χ4n) is 3.08. The van der Waals surface area contributed by atoms with Crippen LogP contribution in [-0.4, -0.2) is 27.9 Å². The van der Waals surface area contributed by atoms with E-state index in [0.717, 1.165) is 29.0 Å². The van der Waals surface area contributed by atoms with Gasteiger partial charge in [0.25, 0.3) is 0 Å². The van der Waals surface area contributed by atoms with E-state index in [1.165, 1.54) is 5.56 Å². The number of para-hydroxylation sites is 2. The Bertz CT molecular complexity index is 814. The molecule has 3 rings (SSSR count). The maximum atomic E-state index is 12.6. The maximum Gasteiger partial charge on any atom is 0.221 e. The zero-order chi connectivity index (χ0) is 18.4. The predicted octanol–water partition coefficient (Wildman–Crippen LogP) is 4.67. The van der Waals surface area contributed by atoms with Crippen LogP contribution < -0.4 is 5.32 Å². The fraction of sp³-hybridized carbons (Fsp3) is 0.333. The molecule has 0 saturated carbocycles. The van der Waals surface area contributed by atoms with Crippen LogP contribution in [0.1, 0.15) is 43.1 Å². The number of amides is 1. The van der Waals surface area contributed by atoms with Crippen LogP contribution >= 0.6 is 11.8 Å². The highest BCUT2D eigenvalue weighted by atomic mass is 32.2. The summed E-state index contributed by atoms with van der Waals surface area (Å²) in [5, 5.41) is 3.18. The molecule has 0 aliphatic rings. The number of hydrogen-bond acceptors (Lipinski definition) is 3. The van der Waals surface area contributed by atoms with Crippen molar-refractivity contribution in [2.24, 2.45) is 0 Å². The van der Waals surface area contributed by atoms with E-state index in [1.54, 1.807) is 11.8 Å². The van der Waals surface area contributed by atoms with E-state index in [1.807, 2.05) is 42.5 Å². The molecule has 136 valence electrons. The molecule has 0 fully saturated rings. The Kier molecular flexibility index (Phi) is 6.34. The minimum absolute atomic E-state index is 0.0629. The molecule has 0 saturated heterocycles. The van der Waals surface area contributed by atoms with E-state index in [4.69, 9.17) is 0 Å². The van der Waals surface area contributed by atoms with E-state index in [9.17, 15) is 4.79 Å². The Balaban J connectivity index is 1.70. The first-order valence-electron chi connectivity index (χ1n) is 8.95. The van der Waals surface area contributed by atoms with Crippen molar-refractivity contribution >= 4 is 28.7 Å². The lowest BCUT2D eigenvalue weighted by atomic mass is 9.97. The van der Waals surface area contributed by atoms with E-state index in [2.05, 4.69) is 40.6 Å². The third-order valence-electron chi connectivity index (χ3n) is 4.54. The first-order chi connectivity index (χ1) is 12.7.